The minimum Gasteiger partial charge on any atom is -0.349 e. The van der Waals surface area contributed by atoms with E-state index in [1.165, 1.54) is 4.68 Å². The maximum atomic E-state index is 13.1. The van der Waals surface area contributed by atoms with Crippen molar-refractivity contribution in [1.82, 2.24) is 30.2 Å². The number of likely N-dealkylation sites (N-methyl/N-ethyl adjacent to an activating group) is 1. The highest BCUT2D eigenvalue weighted by Crippen LogP contribution is 2.25. The van der Waals surface area contributed by atoms with E-state index in [1.807, 2.05) is 27.7 Å². The monoisotopic (exact) mass is 514 g/mol. The number of aromatic nitrogens is 4. The van der Waals surface area contributed by atoms with Crippen LogP contribution in [0.3, 0.4) is 0 Å². The van der Waals surface area contributed by atoms with Crippen molar-refractivity contribution in [3.63, 3.8) is 0 Å². The lowest BCUT2D eigenvalue weighted by molar-refractivity contribution is 0.0935. The van der Waals surface area contributed by atoms with Gasteiger partial charge in [-0.15, -0.1) is 5.10 Å². The molecule has 1 saturated heterocycles. The first-order valence-electron chi connectivity index (χ1n) is 12.9. The Kier molecular flexibility index (Phi) is 7.88. The lowest BCUT2D eigenvalue weighted by Crippen LogP contribution is -2.40. The molecule has 3 aromatic rings. The second-order valence-corrected chi connectivity index (χ2v) is 10.6. The number of carbonyl (C=O) groups is 2. The van der Waals surface area contributed by atoms with Crippen LogP contribution < -0.4 is 10.6 Å². The Balaban J connectivity index is 1.49. The van der Waals surface area contributed by atoms with E-state index in [9.17, 15) is 14.9 Å². The molecule has 38 heavy (non-hydrogen) atoms. The van der Waals surface area contributed by atoms with Crippen LogP contribution in [0, 0.1) is 18.3 Å². The van der Waals surface area contributed by atoms with E-state index in [2.05, 4.69) is 43.8 Å². The number of nitrogens with zero attached hydrogens (tertiary/aromatic N) is 6. The summed E-state index contributed by atoms with van der Waals surface area (Å²) in [7, 11) is 0. The van der Waals surface area contributed by atoms with Crippen LogP contribution in [-0.2, 0) is 5.41 Å². The van der Waals surface area contributed by atoms with Gasteiger partial charge in [-0.1, -0.05) is 32.9 Å². The average Bonchev–Trinajstić information content (AvgIpc) is 3.57. The predicted octanol–water partition coefficient (Wildman–Crippen LogP) is 3.61. The van der Waals surface area contributed by atoms with E-state index in [4.69, 9.17) is 0 Å². The summed E-state index contributed by atoms with van der Waals surface area (Å²) >= 11 is 0. The summed E-state index contributed by atoms with van der Waals surface area (Å²) in [4.78, 5) is 32.5. The van der Waals surface area contributed by atoms with E-state index in [1.54, 1.807) is 36.7 Å². The average molecular weight is 515 g/mol. The van der Waals surface area contributed by atoms with Crippen molar-refractivity contribution in [3.8, 4) is 11.8 Å². The zero-order valence-electron chi connectivity index (χ0n) is 22.6. The molecular weight excluding hydrogens is 480 g/mol. The molecular formula is C28H34N8O2. The summed E-state index contributed by atoms with van der Waals surface area (Å²) in [6.07, 6.45) is 5.33. The summed E-state index contributed by atoms with van der Waals surface area (Å²) < 4.78 is 1.48. The molecule has 198 valence electrons. The Bertz CT molecular complexity index is 1380. The van der Waals surface area contributed by atoms with E-state index >= 15 is 0 Å². The number of hydrogen-bond donors (Lipinski definition) is 2. The van der Waals surface area contributed by atoms with Crippen LogP contribution in [0.4, 0.5) is 5.69 Å². The number of amides is 2. The van der Waals surface area contributed by atoms with E-state index < -0.39 is 0 Å². The van der Waals surface area contributed by atoms with Crippen LogP contribution in [0.25, 0.3) is 5.69 Å². The molecule has 0 radical (unpaired) electrons. The molecule has 0 aliphatic carbocycles. The van der Waals surface area contributed by atoms with Crippen LogP contribution in [0.1, 0.15) is 78.2 Å². The van der Waals surface area contributed by atoms with Crippen LogP contribution in [0.15, 0.2) is 36.7 Å². The topological polar surface area (TPSA) is 129 Å². The second kappa shape index (κ2) is 11.1. The van der Waals surface area contributed by atoms with Crippen molar-refractivity contribution in [2.24, 2.45) is 0 Å². The number of carbonyl (C=O) groups excluding carboxylic acids is 2. The molecule has 1 unspecified atom stereocenters. The lowest BCUT2D eigenvalue weighted by atomic mass is 9.85. The van der Waals surface area contributed by atoms with Crippen molar-refractivity contribution in [1.29, 1.82) is 5.26 Å². The van der Waals surface area contributed by atoms with Crippen molar-refractivity contribution in [2.45, 2.75) is 58.9 Å². The Morgan fingerprint density at radius 3 is 2.68 bits per heavy atom. The van der Waals surface area contributed by atoms with Gasteiger partial charge in [-0.25, -0.2) is 4.68 Å². The molecule has 1 aromatic carbocycles. The van der Waals surface area contributed by atoms with Crippen molar-refractivity contribution < 1.29 is 9.59 Å². The number of likely N-dealkylation sites (tertiary alicyclic amines) is 1. The van der Waals surface area contributed by atoms with Crippen LogP contribution in [-0.4, -0.2) is 62.4 Å². The highest BCUT2D eigenvalue weighted by atomic mass is 16.2. The molecule has 0 saturated carbocycles. The fourth-order valence-corrected chi connectivity index (χ4v) is 4.61. The van der Waals surface area contributed by atoms with Gasteiger partial charge in [0.2, 0.25) is 0 Å². The van der Waals surface area contributed by atoms with Gasteiger partial charge < -0.3 is 10.6 Å². The van der Waals surface area contributed by atoms with Gasteiger partial charge >= 0.3 is 0 Å². The number of pyridine rings is 1. The molecule has 1 fully saturated rings. The molecule has 10 nitrogen and oxygen atoms in total. The first-order chi connectivity index (χ1) is 18.1. The number of anilines is 1. The third kappa shape index (κ3) is 6.06. The Labute approximate surface area is 223 Å². The fourth-order valence-electron chi connectivity index (χ4n) is 4.61. The van der Waals surface area contributed by atoms with Gasteiger partial charge in [0, 0.05) is 18.2 Å². The van der Waals surface area contributed by atoms with Crippen molar-refractivity contribution in [2.75, 3.05) is 25.0 Å². The highest BCUT2D eigenvalue weighted by Gasteiger charge is 2.24. The van der Waals surface area contributed by atoms with Gasteiger partial charge in [0.25, 0.3) is 11.8 Å². The van der Waals surface area contributed by atoms with Crippen LogP contribution in [0.5, 0.6) is 0 Å². The Morgan fingerprint density at radius 1 is 1.18 bits per heavy atom. The summed E-state index contributed by atoms with van der Waals surface area (Å²) in [5.74, 6) is -0.628. The minimum absolute atomic E-state index is 0.211. The van der Waals surface area contributed by atoms with Gasteiger partial charge in [-0.05, 0) is 68.1 Å². The minimum atomic E-state index is -0.351. The van der Waals surface area contributed by atoms with E-state index in [-0.39, 0.29) is 22.9 Å². The van der Waals surface area contributed by atoms with Gasteiger partial charge in [-0.3, -0.25) is 19.5 Å². The molecule has 2 amide bonds. The Morgan fingerprint density at radius 2 is 1.97 bits per heavy atom. The van der Waals surface area contributed by atoms with Crippen LogP contribution >= 0.6 is 0 Å². The third-order valence-electron chi connectivity index (χ3n) is 6.88. The van der Waals surface area contributed by atoms with E-state index in [0.29, 0.717) is 40.8 Å². The van der Waals surface area contributed by atoms with E-state index in [0.717, 1.165) is 31.5 Å². The molecule has 1 aliphatic heterocycles. The van der Waals surface area contributed by atoms with Crippen molar-refractivity contribution >= 4 is 17.5 Å². The molecule has 2 aromatic heterocycles. The number of nitrogens with one attached hydrogen (secondary N) is 2. The van der Waals surface area contributed by atoms with Gasteiger partial charge in [0.1, 0.15) is 0 Å². The zero-order chi connectivity index (χ0) is 27.4. The molecule has 0 bridgehead atoms. The number of benzene rings is 1. The Hall–Kier alpha value is -4.10. The summed E-state index contributed by atoms with van der Waals surface area (Å²) in [5, 5.41) is 23.4. The molecule has 4 rings (SSSR count). The second-order valence-electron chi connectivity index (χ2n) is 10.6. The van der Waals surface area contributed by atoms with Gasteiger partial charge in [-0.2, -0.15) is 5.26 Å². The third-order valence-corrected chi connectivity index (χ3v) is 6.88. The molecule has 3 heterocycles. The lowest BCUT2D eigenvalue weighted by Gasteiger charge is -2.22. The maximum absolute atomic E-state index is 13.1. The maximum Gasteiger partial charge on any atom is 0.273 e. The largest absolute Gasteiger partial charge is 0.349 e. The quantitative estimate of drug-likeness (QED) is 0.493. The first-order valence-corrected chi connectivity index (χ1v) is 12.9. The van der Waals surface area contributed by atoms with Gasteiger partial charge in [0.05, 0.1) is 41.1 Å². The standard InChI is InChI=1S/C28H34N8O2/c1-6-35-9-7-8-23(35)16-31-27(38)24-17-36(34-33-24)25-13-22(15-30-18(25)2)32-26(37)20-10-19(14-29)11-21(12-20)28(3,4)5/h10-13,15,17,23H,6-9,16H2,1-5H3,(H,31,38)(H,32,37). The fraction of sp³-hybridized carbons (Fsp3) is 0.429. The van der Waals surface area contributed by atoms with Gasteiger partial charge in [0.15, 0.2) is 5.69 Å². The smallest absolute Gasteiger partial charge is 0.273 e. The van der Waals surface area contributed by atoms with Crippen LogP contribution in [0.2, 0.25) is 0 Å². The zero-order valence-corrected chi connectivity index (χ0v) is 22.6. The number of nitriles is 1. The molecule has 2 N–H and O–H groups in total. The molecule has 1 aliphatic rings. The predicted molar refractivity (Wildman–Crippen MR) is 144 cm³/mol. The SMILES string of the molecule is CCN1CCCC1CNC(=O)c1cn(-c2cc(NC(=O)c3cc(C#N)cc(C(C)(C)C)c3)cnc2C)nn1. The summed E-state index contributed by atoms with van der Waals surface area (Å²) in [6, 6.07) is 9.38. The number of hydrogen-bond acceptors (Lipinski definition) is 7. The summed E-state index contributed by atoms with van der Waals surface area (Å²) in [6.45, 7) is 12.6. The molecule has 1 atom stereocenters. The molecule has 0 spiro atoms. The molecule has 10 heteroatoms. The summed E-state index contributed by atoms with van der Waals surface area (Å²) in [5.41, 5.74) is 3.40. The normalized spacial score (nSPS) is 15.7. The first kappa shape index (κ1) is 26.9. The number of aryl methyl sites for hydroxylation is 1. The van der Waals surface area contributed by atoms with Crippen molar-refractivity contribution in [3.05, 3.63) is 64.7 Å². The number of rotatable bonds is 7. The highest BCUT2D eigenvalue weighted by molar-refractivity contribution is 6.04.